The number of nitrogens with zero attached hydrogens (tertiary/aromatic N) is 3. The van der Waals surface area contributed by atoms with E-state index in [9.17, 15) is 0 Å². The molecular formula is C8H5N3. The molecule has 2 rings (SSSR count). The first-order valence-corrected chi connectivity index (χ1v) is 3.15. The van der Waals surface area contributed by atoms with Crippen molar-refractivity contribution in [3.05, 3.63) is 24.8 Å². The Morgan fingerprint density at radius 1 is 1.45 bits per heavy atom. The Morgan fingerprint density at radius 2 is 2.36 bits per heavy atom. The van der Waals surface area contributed by atoms with Crippen molar-refractivity contribution >= 4 is 0 Å². The molecule has 0 bridgehead atoms. The van der Waals surface area contributed by atoms with Crippen LogP contribution in [0.3, 0.4) is 0 Å². The molecule has 11 heavy (non-hydrogen) atoms. The summed E-state index contributed by atoms with van der Waals surface area (Å²) in [6.07, 6.45) is 10.2. The van der Waals surface area contributed by atoms with Crippen LogP contribution in [0, 0.1) is 12.5 Å². The molecule has 0 atom stereocenters. The van der Waals surface area contributed by atoms with Crippen LogP contribution < -0.4 is 0 Å². The number of fused-ring (bicyclic) bond motifs is 1. The fourth-order valence-corrected chi connectivity index (χ4v) is 0.917. The van der Waals surface area contributed by atoms with Crippen LogP contribution >= 0.6 is 0 Å². The van der Waals surface area contributed by atoms with Crippen molar-refractivity contribution in [2.24, 2.45) is 0 Å². The lowest BCUT2D eigenvalue weighted by Gasteiger charge is -1.97. The molecule has 2 heterocycles. The molecule has 2 aliphatic heterocycles. The monoisotopic (exact) mass is 143 g/mol. The van der Waals surface area contributed by atoms with Crippen molar-refractivity contribution in [3.8, 4) is 23.9 Å². The Labute approximate surface area is 64.1 Å². The minimum atomic E-state index is 0.733. The summed E-state index contributed by atoms with van der Waals surface area (Å²) in [7, 11) is 0. The predicted octanol–water partition coefficient (Wildman–Crippen LogP) is 0.822. The van der Waals surface area contributed by atoms with Gasteiger partial charge in [0, 0.05) is 24.0 Å². The first kappa shape index (κ1) is 5.93. The SMILES string of the molecule is C#Cn1cnc2nccc-2c1. The molecule has 3 heteroatoms. The zero-order valence-corrected chi connectivity index (χ0v) is 5.73. The maximum atomic E-state index is 5.16. The van der Waals surface area contributed by atoms with Gasteiger partial charge < -0.3 is 0 Å². The first-order valence-electron chi connectivity index (χ1n) is 3.15. The highest BCUT2D eigenvalue weighted by Gasteiger charge is 2.02. The van der Waals surface area contributed by atoms with Crippen molar-refractivity contribution in [3.63, 3.8) is 0 Å². The summed E-state index contributed by atoms with van der Waals surface area (Å²) in [5.41, 5.74) is 0.963. The Bertz CT molecular complexity index is 383. The molecule has 0 aliphatic carbocycles. The first-order chi connectivity index (χ1) is 5.40. The minimum Gasteiger partial charge on any atom is -0.266 e. The van der Waals surface area contributed by atoms with Crippen LogP contribution in [0.5, 0.6) is 0 Å². The van der Waals surface area contributed by atoms with Crippen molar-refractivity contribution < 1.29 is 0 Å². The van der Waals surface area contributed by atoms with Crippen LogP contribution in [-0.2, 0) is 0 Å². The lowest BCUT2D eigenvalue weighted by Crippen LogP contribution is -1.93. The van der Waals surface area contributed by atoms with Gasteiger partial charge in [-0.3, -0.25) is 4.57 Å². The van der Waals surface area contributed by atoms with Gasteiger partial charge in [0.15, 0.2) is 5.82 Å². The quantitative estimate of drug-likeness (QED) is 0.511. The number of hydrogen-bond acceptors (Lipinski definition) is 2. The van der Waals surface area contributed by atoms with Gasteiger partial charge in [-0.2, -0.15) is 0 Å². The molecule has 3 nitrogen and oxygen atoms in total. The molecule has 0 fully saturated rings. The average Bonchev–Trinajstić information content (AvgIpc) is 2.50. The maximum absolute atomic E-state index is 5.16. The number of terminal acetylenes is 1. The van der Waals surface area contributed by atoms with E-state index in [-0.39, 0.29) is 0 Å². The number of rotatable bonds is 0. The topological polar surface area (TPSA) is 30.7 Å². The lowest BCUT2D eigenvalue weighted by atomic mass is 10.3. The number of hydrogen-bond donors (Lipinski definition) is 0. The Kier molecular flexibility index (Phi) is 1.13. The Morgan fingerprint density at radius 3 is 3.18 bits per heavy atom. The van der Waals surface area contributed by atoms with Crippen LogP contribution in [0.25, 0.3) is 11.4 Å². The van der Waals surface area contributed by atoms with E-state index in [2.05, 4.69) is 16.0 Å². The third-order valence-corrected chi connectivity index (χ3v) is 1.44. The lowest BCUT2D eigenvalue weighted by molar-refractivity contribution is 1.01. The third-order valence-electron chi connectivity index (χ3n) is 1.44. The molecule has 2 aliphatic rings. The molecule has 0 spiro atoms. The maximum Gasteiger partial charge on any atom is 0.162 e. The van der Waals surface area contributed by atoms with Crippen molar-refractivity contribution in [2.45, 2.75) is 0 Å². The fourth-order valence-electron chi connectivity index (χ4n) is 0.917. The van der Waals surface area contributed by atoms with E-state index >= 15 is 0 Å². The zero-order chi connectivity index (χ0) is 7.68. The molecule has 0 aromatic rings. The molecular weight excluding hydrogens is 138 g/mol. The largest absolute Gasteiger partial charge is 0.266 e. The molecule has 0 aromatic heterocycles. The molecule has 0 amide bonds. The van der Waals surface area contributed by atoms with Gasteiger partial charge in [0.1, 0.15) is 6.33 Å². The van der Waals surface area contributed by atoms with Crippen molar-refractivity contribution in [1.29, 1.82) is 0 Å². The van der Waals surface area contributed by atoms with Crippen molar-refractivity contribution in [1.82, 2.24) is 14.5 Å². The van der Waals surface area contributed by atoms with Crippen LogP contribution in [0.15, 0.2) is 24.8 Å². The highest BCUT2D eigenvalue weighted by Crippen LogP contribution is 2.14. The van der Waals surface area contributed by atoms with E-state index in [0.29, 0.717) is 0 Å². The van der Waals surface area contributed by atoms with E-state index in [0.717, 1.165) is 11.4 Å². The summed E-state index contributed by atoms with van der Waals surface area (Å²) < 4.78 is 1.56. The van der Waals surface area contributed by atoms with Gasteiger partial charge in [-0.05, 0) is 6.07 Å². The molecule has 0 saturated heterocycles. The molecule has 0 unspecified atom stereocenters. The summed E-state index contributed by atoms with van der Waals surface area (Å²) in [5, 5.41) is 0. The van der Waals surface area contributed by atoms with Crippen LogP contribution in [0.2, 0.25) is 0 Å². The Hall–Kier alpha value is -1.82. The van der Waals surface area contributed by atoms with E-state index < -0.39 is 0 Å². The van der Waals surface area contributed by atoms with Crippen LogP contribution in [0.4, 0.5) is 0 Å². The average molecular weight is 143 g/mol. The summed E-state index contributed by atoms with van der Waals surface area (Å²) in [6.45, 7) is 0. The number of aromatic nitrogens is 3. The summed E-state index contributed by atoms with van der Waals surface area (Å²) in [5.74, 6) is 0.733. The molecule has 0 radical (unpaired) electrons. The smallest absolute Gasteiger partial charge is 0.162 e. The summed E-state index contributed by atoms with van der Waals surface area (Å²) in [6, 6.07) is 4.31. The highest BCUT2D eigenvalue weighted by atomic mass is 15.0. The van der Waals surface area contributed by atoms with Gasteiger partial charge in [0.2, 0.25) is 0 Å². The Balaban J connectivity index is 2.71. The predicted molar refractivity (Wildman–Crippen MR) is 40.9 cm³/mol. The van der Waals surface area contributed by atoms with Gasteiger partial charge in [-0.1, -0.05) is 6.42 Å². The van der Waals surface area contributed by atoms with Gasteiger partial charge in [0.05, 0.1) is 0 Å². The van der Waals surface area contributed by atoms with E-state index in [1.807, 2.05) is 12.3 Å². The van der Waals surface area contributed by atoms with E-state index in [1.165, 1.54) is 0 Å². The molecule has 0 saturated carbocycles. The standard InChI is InChI=1S/C8H5N3/c1-2-11-5-7-3-4-9-8(7)10-6-11/h1,3-6H. The van der Waals surface area contributed by atoms with Gasteiger partial charge >= 0.3 is 0 Å². The molecule has 52 valence electrons. The summed E-state index contributed by atoms with van der Waals surface area (Å²) in [4.78, 5) is 8.02. The van der Waals surface area contributed by atoms with Gasteiger partial charge in [0.25, 0.3) is 0 Å². The second-order valence-electron chi connectivity index (χ2n) is 2.13. The van der Waals surface area contributed by atoms with Gasteiger partial charge in [-0.15, -0.1) is 0 Å². The highest BCUT2D eigenvalue weighted by molar-refractivity contribution is 5.54. The normalized spacial score (nSPS) is 9.73. The van der Waals surface area contributed by atoms with E-state index in [4.69, 9.17) is 6.42 Å². The fraction of sp³-hybridized carbons (Fsp3) is 0. The third kappa shape index (κ3) is 0.849. The zero-order valence-electron chi connectivity index (χ0n) is 5.73. The molecule has 0 aromatic carbocycles. The molecule has 0 N–H and O–H groups in total. The second kappa shape index (κ2) is 2.10. The van der Waals surface area contributed by atoms with E-state index in [1.54, 1.807) is 17.1 Å². The van der Waals surface area contributed by atoms with Crippen LogP contribution in [0.1, 0.15) is 0 Å². The minimum absolute atomic E-state index is 0.733. The van der Waals surface area contributed by atoms with Gasteiger partial charge in [-0.25, -0.2) is 9.97 Å². The second-order valence-corrected chi connectivity index (χ2v) is 2.13. The van der Waals surface area contributed by atoms with Crippen LogP contribution in [-0.4, -0.2) is 14.5 Å². The van der Waals surface area contributed by atoms with Crippen molar-refractivity contribution in [2.75, 3.05) is 0 Å². The summed E-state index contributed by atoms with van der Waals surface area (Å²) >= 11 is 0.